The molecule has 1 aliphatic heterocycles. The van der Waals surface area contributed by atoms with Crippen LogP contribution in [0.2, 0.25) is 0 Å². The summed E-state index contributed by atoms with van der Waals surface area (Å²) in [5.41, 5.74) is 1.97. The molecule has 0 spiro atoms. The number of hydrogen-bond donors (Lipinski definition) is 1. The molecule has 112 valence electrons. The van der Waals surface area contributed by atoms with Crippen LogP contribution in [0, 0.1) is 11.3 Å². The second-order valence-electron chi connectivity index (χ2n) is 5.96. The van der Waals surface area contributed by atoms with E-state index in [9.17, 15) is 4.79 Å². The summed E-state index contributed by atoms with van der Waals surface area (Å²) in [5, 5.41) is 11.8. The Balaban J connectivity index is 1.86. The van der Waals surface area contributed by atoms with Gasteiger partial charge in [-0.3, -0.25) is 9.69 Å². The molecule has 1 heterocycles. The van der Waals surface area contributed by atoms with Gasteiger partial charge in [0.05, 0.1) is 12.6 Å². The zero-order valence-corrected chi connectivity index (χ0v) is 12.8. The van der Waals surface area contributed by atoms with Crippen molar-refractivity contribution in [1.29, 1.82) is 5.26 Å². The van der Waals surface area contributed by atoms with Crippen molar-refractivity contribution < 1.29 is 4.79 Å². The molecular formula is C17H23N3O. The molecule has 4 nitrogen and oxygen atoms in total. The van der Waals surface area contributed by atoms with Crippen LogP contribution < -0.4 is 5.32 Å². The van der Waals surface area contributed by atoms with Crippen molar-refractivity contribution in [3.63, 3.8) is 0 Å². The first-order chi connectivity index (χ1) is 10.1. The van der Waals surface area contributed by atoms with Gasteiger partial charge in [0.2, 0.25) is 0 Å². The number of carbonyl (C=O) groups excluding carboxylic acids is 1. The lowest BCUT2D eigenvalue weighted by molar-refractivity contribution is 0.0914. The highest BCUT2D eigenvalue weighted by molar-refractivity contribution is 5.94. The molecule has 4 heteroatoms. The van der Waals surface area contributed by atoms with Gasteiger partial charge in [0.15, 0.2) is 0 Å². The van der Waals surface area contributed by atoms with Crippen molar-refractivity contribution in [1.82, 2.24) is 10.2 Å². The number of nitrogens with one attached hydrogen (secondary N) is 1. The number of likely N-dealkylation sites (tertiary alicyclic amines) is 1. The quantitative estimate of drug-likeness (QED) is 0.865. The Labute approximate surface area is 126 Å². The zero-order chi connectivity index (χ0) is 15.2. The molecule has 1 N–H and O–H groups in total. The largest absolute Gasteiger partial charge is 0.349 e. The van der Waals surface area contributed by atoms with E-state index in [4.69, 9.17) is 5.26 Å². The molecule has 0 bridgehead atoms. The maximum Gasteiger partial charge on any atom is 0.251 e. The first-order valence-corrected chi connectivity index (χ1v) is 7.60. The molecular weight excluding hydrogens is 262 g/mol. The van der Waals surface area contributed by atoms with Gasteiger partial charge in [0.1, 0.15) is 0 Å². The minimum absolute atomic E-state index is 0.00374. The van der Waals surface area contributed by atoms with E-state index in [-0.39, 0.29) is 11.9 Å². The fraction of sp³-hybridized carbons (Fsp3) is 0.529. The van der Waals surface area contributed by atoms with E-state index in [2.05, 4.69) is 30.1 Å². The Hall–Kier alpha value is -1.86. The predicted octanol–water partition coefficient (Wildman–Crippen LogP) is 2.53. The fourth-order valence-corrected chi connectivity index (χ4v) is 2.62. The number of amides is 1. The summed E-state index contributed by atoms with van der Waals surface area (Å²) in [4.78, 5) is 14.3. The Morgan fingerprint density at radius 3 is 2.48 bits per heavy atom. The van der Waals surface area contributed by atoms with Crippen LogP contribution >= 0.6 is 0 Å². The Morgan fingerprint density at radius 2 is 1.95 bits per heavy atom. The first kappa shape index (κ1) is 15.5. The molecule has 1 fully saturated rings. The molecule has 0 aliphatic carbocycles. The number of piperidine rings is 1. The molecule has 1 aromatic rings. The van der Waals surface area contributed by atoms with Crippen LogP contribution in [0.3, 0.4) is 0 Å². The minimum atomic E-state index is 0.00374. The molecule has 1 aliphatic rings. The third kappa shape index (κ3) is 4.30. The maximum atomic E-state index is 12.2. The van der Waals surface area contributed by atoms with Crippen LogP contribution in [0.15, 0.2) is 24.3 Å². The highest BCUT2D eigenvalue weighted by Gasteiger charge is 2.20. The second kappa shape index (κ2) is 7.24. The third-order valence-corrected chi connectivity index (χ3v) is 4.06. The van der Waals surface area contributed by atoms with E-state index < -0.39 is 0 Å². The molecule has 0 unspecified atom stereocenters. The Morgan fingerprint density at radius 1 is 1.33 bits per heavy atom. The highest BCUT2D eigenvalue weighted by atomic mass is 16.1. The zero-order valence-electron chi connectivity index (χ0n) is 12.8. The smallest absolute Gasteiger partial charge is 0.251 e. The van der Waals surface area contributed by atoms with Gasteiger partial charge >= 0.3 is 0 Å². The molecule has 21 heavy (non-hydrogen) atoms. The van der Waals surface area contributed by atoms with Gasteiger partial charge in [-0.05, 0) is 36.5 Å². The van der Waals surface area contributed by atoms with Crippen LogP contribution in [0.1, 0.15) is 48.5 Å². The normalized spacial score (nSPS) is 16.7. The molecule has 0 atom stereocenters. The van der Waals surface area contributed by atoms with Gasteiger partial charge in [-0.25, -0.2) is 0 Å². The number of nitrogens with zero attached hydrogens (tertiary/aromatic N) is 2. The molecule has 2 rings (SSSR count). The summed E-state index contributed by atoms with van der Waals surface area (Å²) < 4.78 is 0. The van der Waals surface area contributed by atoms with E-state index in [1.807, 2.05) is 24.3 Å². The van der Waals surface area contributed by atoms with Gasteiger partial charge in [0.25, 0.3) is 5.91 Å². The monoisotopic (exact) mass is 285 g/mol. The molecule has 1 amide bonds. The highest BCUT2D eigenvalue weighted by Crippen LogP contribution is 2.15. The van der Waals surface area contributed by atoms with Crippen molar-refractivity contribution in [3.05, 3.63) is 35.4 Å². The average molecular weight is 285 g/mol. The maximum absolute atomic E-state index is 12.2. The van der Waals surface area contributed by atoms with E-state index in [0.717, 1.165) is 31.5 Å². The summed E-state index contributed by atoms with van der Waals surface area (Å²) in [6.07, 6.45) is 1.83. The number of nitriles is 1. The van der Waals surface area contributed by atoms with Crippen LogP contribution in [-0.4, -0.2) is 36.5 Å². The van der Waals surface area contributed by atoms with Crippen LogP contribution in [0.4, 0.5) is 0 Å². The van der Waals surface area contributed by atoms with Crippen molar-refractivity contribution in [3.8, 4) is 6.07 Å². The van der Waals surface area contributed by atoms with Gasteiger partial charge in [-0.15, -0.1) is 0 Å². The van der Waals surface area contributed by atoms with Crippen molar-refractivity contribution in [2.45, 2.75) is 38.6 Å². The van der Waals surface area contributed by atoms with Crippen LogP contribution in [0.25, 0.3) is 0 Å². The molecule has 0 saturated carbocycles. The second-order valence-corrected chi connectivity index (χ2v) is 5.96. The summed E-state index contributed by atoms with van der Waals surface area (Å²) in [7, 11) is 0. The number of rotatable bonds is 4. The number of benzene rings is 1. The number of hydrogen-bond acceptors (Lipinski definition) is 3. The summed E-state index contributed by atoms with van der Waals surface area (Å²) in [6, 6.07) is 10.2. The van der Waals surface area contributed by atoms with Gasteiger partial charge in [-0.2, -0.15) is 5.26 Å². The topological polar surface area (TPSA) is 56.1 Å². The van der Waals surface area contributed by atoms with Gasteiger partial charge in [0, 0.05) is 24.7 Å². The fourth-order valence-electron chi connectivity index (χ4n) is 2.62. The molecule has 1 saturated heterocycles. The van der Waals surface area contributed by atoms with Crippen LogP contribution in [0.5, 0.6) is 0 Å². The minimum Gasteiger partial charge on any atom is -0.349 e. The van der Waals surface area contributed by atoms with E-state index in [1.54, 1.807) is 0 Å². The van der Waals surface area contributed by atoms with Crippen molar-refractivity contribution in [2.75, 3.05) is 19.6 Å². The predicted molar refractivity (Wildman–Crippen MR) is 83.1 cm³/mol. The lowest BCUT2D eigenvalue weighted by Crippen LogP contribution is -2.44. The van der Waals surface area contributed by atoms with Crippen LogP contribution in [-0.2, 0) is 0 Å². The molecule has 0 aromatic heterocycles. The number of carbonyl (C=O) groups is 1. The van der Waals surface area contributed by atoms with Crippen molar-refractivity contribution >= 4 is 5.91 Å². The third-order valence-electron chi connectivity index (χ3n) is 4.06. The van der Waals surface area contributed by atoms with Gasteiger partial charge in [-0.1, -0.05) is 26.0 Å². The van der Waals surface area contributed by atoms with E-state index >= 15 is 0 Å². The molecule has 0 radical (unpaired) electrons. The summed E-state index contributed by atoms with van der Waals surface area (Å²) >= 11 is 0. The van der Waals surface area contributed by atoms with Crippen molar-refractivity contribution in [2.24, 2.45) is 0 Å². The first-order valence-electron chi connectivity index (χ1n) is 7.60. The summed E-state index contributed by atoms with van der Waals surface area (Å²) in [5.74, 6) is 0.482. The van der Waals surface area contributed by atoms with Gasteiger partial charge < -0.3 is 5.32 Å². The lowest BCUT2D eigenvalue weighted by Gasteiger charge is -2.30. The van der Waals surface area contributed by atoms with E-state index in [0.29, 0.717) is 12.5 Å². The Bertz CT molecular complexity index is 508. The SMILES string of the molecule is CC(C)c1ccc(C(=O)NC2CCN(CC#N)CC2)cc1. The molecule has 1 aromatic carbocycles. The average Bonchev–Trinajstić information content (AvgIpc) is 2.49. The standard InChI is InChI=1S/C17H23N3O/c1-13(2)14-3-5-15(6-4-14)17(21)19-16-7-10-20(11-8-16)12-9-18/h3-6,13,16H,7-8,10-12H2,1-2H3,(H,19,21). The summed E-state index contributed by atoms with van der Waals surface area (Å²) in [6.45, 7) is 6.53. The van der Waals surface area contributed by atoms with E-state index in [1.165, 1.54) is 5.56 Å². The lowest BCUT2D eigenvalue weighted by atomic mass is 10.0. The Kier molecular flexibility index (Phi) is 5.35.